The normalized spacial score (nSPS) is 18.7. The SMILES string of the molecule is CCOC(=O)C1=C(c2ccccc2)N=C2SC=C(CC(=O)N3CCC(C(=O)OCC)CC3)N2[C@H]1c1ccccc1OC. The molecule has 1 saturated heterocycles. The molecular weight excluding hydrogens is 554 g/mol. The first-order valence-corrected chi connectivity index (χ1v) is 15.1. The number of para-hydroxylation sites is 1. The van der Waals surface area contributed by atoms with Crippen molar-refractivity contribution in [3.05, 3.63) is 82.4 Å². The van der Waals surface area contributed by atoms with Crippen LogP contribution in [0.1, 0.15) is 50.3 Å². The average molecular weight is 590 g/mol. The maximum absolute atomic E-state index is 13.7. The van der Waals surface area contributed by atoms with Crippen molar-refractivity contribution in [3.63, 3.8) is 0 Å². The van der Waals surface area contributed by atoms with Crippen molar-refractivity contribution in [2.75, 3.05) is 33.4 Å². The summed E-state index contributed by atoms with van der Waals surface area (Å²) in [5.41, 5.74) is 3.21. The number of esters is 2. The summed E-state index contributed by atoms with van der Waals surface area (Å²) in [4.78, 5) is 48.2. The lowest BCUT2D eigenvalue weighted by Crippen LogP contribution is -2.42. The van der Waals surface area contributed by atoms with Gasteiger partial charge in [0.2, 0.25) is 5.91 Å². The zero-order valence-electron chi connectivity index (χ0n) is 24.1. The zero-order valence-corrected chi connectivity index (χ0v) is 24.9. The summed E-state index contributed by atoms with van der Waals surface area (Å²) in [6, 6.07) is 16.5. The van der Waals surface area contributed by atoms with Crippen LogP contribution in [0.15, 0.2) is 76.3 Å². The van der Waals surface area contributed by atoms with Crippen LogP contribution in [0, 0.1) is 5.92 Å². The maximum Gasteiger partial charge on any atom is 0.338 e. The van der Waals surface area contributed by atoms with Gasteiger partial charge in [0.1, 0.15) is 5.75 Å². The molecule has 1 fully saturated rings. The molecule has 1 amide bonds. The summed E-state index contributed by atoms with van der Waals surface area (Å²) < 4.78 is 16.5. The molecule has 220 valence electrons. The Bertz CT molecular complexity index is 1430. The van der Waals surface area contributed by atoms with Crippen LogP contribution in [0.4, 0.5) is 0 Å². The van der Waals surface area contributed by atoms with Crippen molar-refractivity contribution in [2.45, 2.75) is 39.2 Å². The van der Waals surface area contributed by atoms with Gasteiger partial charge in [0.05, 0.1) is 50.0 Å². The van der Waals surface area contributed by atoms with Gasteiger partial charge in [-0.25, -0.2) is 9.79 Å². The molecule has 2 aromatic rings. The number of likely N-dealkylation sites (tertiary alicyclic amines) is 1. The number of hydrogen-bond acceptors (Lipinski definition) is 9. The number of amidine groups is 1. The van der Waals surface area contributed by atoms with Gasteiger partial charge < -0.3 is 24.0 Å². The van der Waals surface area contributed by atoms with Crippen LogP contribution in [0.3, 0.4) is 0 Å². The lowest BCUT2D eigenvalue weighted by Gasteiger charge is -2.38. The molecule has 0 spiro atoms. The van der Waals surface area contributed by atoms with E-state index in [2.05, 4.69) is 0 Å². The van der Waals surface area contributed by atoms with Crippen LogP contribution in [0.2, 0.25) is 0 Å². The van der Waals surface area contributed by atoms with E-state index in [0.717, 1.165) is 16.8 Å². The smallest absolute Gasteiger partial charge is 0.338 e. The molecule has 0 N–H and O–H groups in total. The zero-order chi connectivity index (χ0) is 29.6. The molecule has 1 atom stereocenters. The van der Waals surface area contributed by atoms with Crippen molar-refractivity contribution in [2.24, 2.45) is 10.9 Å². The van der Waals surface area contributed by atoms with Crippen molar-refractivity contribution < 1.29 is 28.6 Å². The standard InChI is InChI=1S/C32H35N3O6S/c1-4-40-30(37)22-15-17-34(18-16-22)26(36)19-23-20-42-32-33-28(21-11-7-6-8-12-21)27(31(38)41-5-2)29(35(23)32)24-13-9-10-14-25(24)39-3/h6-14,20,22,29H,4-5,15-19H2,1-3H3/t29-/m0/s1. The van der Waals surface area contributed by atoms with Crippen LogP contribution >= 0.6 is 11.8 Å². The molecular formula is C32H35N3O6S. The number of piperidine rings is 1. The summed E-state index contributed by atoms with van der Waals surface area (Å²) in [6.45, 7) is 5.11. The van der Waals surface area contributed by atoms with E-state index in [1.54, 1.807) is 25.9 Å². The molecule has 0 unspecified atom stereocenters. The van der Waals surface area contributed by atoms with Gasteiger partial charge in [-0.1, -0.05) is 60.3 Å². The summed E-state index contributed by atoms with van der Waals surface area (Å²) in [5.74, 6) is -0.277. The van der Waals surface area contributed by atoms with Gasteiger partial charge in [-0.15, -0.1) is 0 Å². The first-order chi connectivity index (χ1) is 20.5. The highest BCUT2D eigenvalue weighted by Gasteiger charge is 2.43. The number of aliphatic imine (C=N–C) groups is 1. The number of nitrogens with zero attached hydrogens (tertiary/aromatic N) is 3. The highest BCUT2D eigenvalue weighted by molar-refractivity contribution is 8.16. The number of methoxy groups -OCH3 is 1. The van der Waals surface area contributed by atoms with Crippen molar-refractivity contribution in [3.8, 4) is 5.75 Å². The Hall–Kier alpha value is -4.05. The Morgan fingerprint density at radius 2 is 1.64 bits per heavy atom. The second-order valence-electron chi connectivity index (χ2n) is 10.1. The van der Waals surface area contributed by atoms with Gasteiger partial charge in [-0.3, -0.25) is 9.59 Å². The number of amides is 1. The first-order valence-electron chi connectivity index (χ1n) is 14.2. The number of rotatable bonds is 9. The Balaban J connectivity index is 1.50. The molecule has 0 aromatic heterocycles. The predicted molar refractivity (Wildman–Crippen MR) is 161 cm³/mol. The van der Waals surface area contributed by atoms with Gasteiger partial charge in [-0.05, 0) is 38.2 Å². The lowest BCUT2D eigenvalue weighted by molar-refractivity contribution is -0.151. The molecule has 0 aliphatic carbocycles. The molecule has 9 nitrogen and oxygen atoms in total. The van der Waals surface area contributed by atoms with E-state index in [9.17, 15) is 14.4 Å². The van der Waals surface area contributed by atoms with Gasteiger partial charge in [0.25, 0.3) is 0 Å². The van der Waals surface area contributed by atoms with E-state index < -0.39 is 12.0 Å². The van der Waals surface area contributed by atoms with E-state index in [1.165, 1.54) is 11.8 Å². The van der Waals surface area contributed by atoms with Gasteiger partial charge in [0.15, 0.2) is 5.17 Å². The number of carbonyl (C=O) groups excluding carboxylic acids is 3. The molecule has 3 aliphatic heterocycles. The minimum absolute atomic E-state index is 0.0419. The van der Waals surface area contributed by atoms with Crippen molar-refractivity contribution in [1.82, 2.24) is 9.80 Å². The molecule has 10 heteroatoms. The largest absolute Gasteiger partial charge is 0.496 e. The number of fused-ring (bicyclic) bond motifs is 1. The van der Waals surface area contributed by atoms with Crippen LogP contribution in [-0.4, -0.2) is 66.2 Å². The summed E-state index contributed by atoms with van der Waals surface area (Å²) in [7, 11) is 1.60. The highest BCUT2D eigenvalue weighted by atomic mass is 32.2. The fourth-order valence-corrected chi connectivity index (χ4v) is 6.49. The minimum atomic E-state index is -0.633. The third kappa shape index (κ3) is 5.94. The van der Waals surface area contributed by atoms with Gasteiger partial charge in [0, 0.05) is 29.9 Å². The second kappa shape index (κ2) is 13.3. The fourth-order valence-electron chi connectivity index (χ4n) is 5.57. The van der Waals surface area contributed by atoms with Crippen LogP contribution < -0.4 is 4.74 Å². The molecule has 3 aliphatic rings. The van der Waals surface area contributed by atoms with Gasteiger partial charge >= 0.3 is 11.9 Å². The predicted octanol–water partition coefficient (Wildman–Crippen LogP) is 5.16. The molecule has 5 rings (SSSR count). The molecule has 42 heavy (non-hydrogen) atoms. The Morgan fingerprint density at radius 1 is 0.952 bits per heavy atom. The molecule has 0 bridgehead atoms. The summed E-state index contributed by atoms with van der Waals surface area (Å²) in [5, 5.41) is 2.60. The van der Waals surface area contributed by atoms with Crippen LogP contribution in [0.5, 0.6) is 5.75 Å². The third-order valence-corrected chi connectivity index (χ3v) is 8.47. The van der Waals surface area contributed by atoms with E-state index in [-0.39, 0.29) is 30.8 Å². The van der Waals surface area contributed by atoms with Crippen LogP contribution in [-0.2, 0) is 23.9 Å². The lowest BCUT2D eigenvalue weighted by atomic mass is 9.90. The Kier molecular flexibility index (Phi) is 9.31. The number of hydrogen-bond donors (Lipinski definition) is 0. The Labute approximate surface area is 250 Å². The van der Waals surface area contributed by atoms with Crippen molar-refractivity contribution in [1.29, 1.82) is 0 Å². The maximum atomic E-state index is 13.7. The molecule has 3 heterocycles. The topological polar surface area (TPSA) is 97.7 Å². The number of benzene rings is 2. The summed E-state index contributed by atoms with van der Waals surface area (Å²) in [6.07, 6.45) is 1.28. The average Bonchev–Trinajstić information content (AvgIpc) is 3.42. The Morgan fingerprint density at radius 3 is 2.33 bits per heavy atom. The van der Waals surface area contributed by atoms with E-state index in [0.29, 0.717) is 54.7 Å². The summed E-state index contributed by atoms with van der Waals surface area (Å²) >= 11 is 1.43. The first kappa shape index (κ1) is 29.4. The monoisotopic (exact) mass is 589 g/mol. The molecule has 0 saturated carbocycles. The highest BCUT2D eigenvalue weighted by Crippen LogP contribution is 2.49. The fraction of sp³-hybridized carbons (Fsp3) is 0.375. The van der Waals surface area contributed by atoms with E-state index in [4.69, 9.17) is 19.2 Å². The second-order valence-corrected chi connectivity index (χ2v) is 10.9. The van der Waals surface area contributed by atoms with E-state index in [1.807, 2.05) is 64.9 Å². The quantitative estimate of drug-likeness (QED) is 0.370. The third-order valence-electron chi connectivity index (χ3n) is 7.59. The minimum Gasteiger partial charge on any atom is -0.496 e. The number of carbonyl (C=O) groups is 3. The van der Waals surface area contributed by atoms with Crippen molar-refractivity contribution >= 4 is 40.5 Å². The number of ether oxygens (including phenoxy) is 3. The van der Waals surface area contributed by atoms with Gasteiger partial charge in [-0.2, -0.15) is 0 Å². The molecule has 2 aromatic carbocycles. The molecule has 0 radical (unpaired) electrons. The van der Waals surface area contributed by atoms with Crippen LogP contribution in [0.25, 0.3) is 5.70 Å². The number of thioether (sulfide) groups is 1. The van der Waals surface area contributed by atoms with E-state index >= 15 is 0 Å².